The van der Waals surface area contributed by atoms with E-state index in [1.54, 1.807) is 0 Å². The monoisotopic (exact) mass is 369 g/mol. The molecule has 0 aromatic heterocycles. The quantitative estimate of drug-likeness (QED) is 0.516. The summed E-state index contributed by atoms with van der Waals surface area (Å²) in [6.07, 6.45) is 9.18. The van der Waals surface area contributed by atoms with E-state index in [2.05, 4.69) is 19.2 Å². The van der Waals surface area contributed by atoms with Gasteiger partial charge in [-0.15, -0.1) is 0 Å². The van der Waals surface area contributed by atoms with Gasteiger partial charge in [0.25, 0.3) is 0 Å². The summed E-state index contributed by atoms with van der Waals surface area (Å²) in [6.45, 7) is 9.10. The highest BCUT2D eigenvalue weighted by molar-refractivity contribution is 5.81. The average molecular weight is 370 g/mol. The van der Waals surface area contributed by atoms with Crippen LogP contribution in [-0.4, -0.2) is 31.3 Å². The molecule has 1 rings (SSSR count). The fraction of sp³-hybridized carbons (Fsp3) is 0.905. The topological polar surface area (TPSA) is 64.6 Å². The first-order valence-electron chi connectivity index (χ1n) is 10.6. The van der Waals surface area contributed by atoms with Gasteiger partial charge in [-0.25, -0.2) is 9.59 Å². The van der Waals surface area contributed by atoms with Crippen LogP contribution in [0.3, 0.4) is 0 Å². The smallest absolute Gasteiger partial charge is 0.407 e. The number of amides is 1. The van der Waals surface area contributed by atoms with Gasteiger partial charge < -0.3 is 14.8 Å². The first-order valence-corrected chi connectivity index (χ1v) is 10.6. The molecule has 0 aromatic carbocycles. The number of rotatable bonds is 11. The summed E-state index contributed by atoms with van der Waals surface area (Å²) in [5.41, 5.74) is 0. The molecule has 0 heterocycles. The van der Waals surface area contributed by atoms with Gasteiger partial charge in [-0.1, -0.05) is 66.2 Å². The highest BCUT2D eigenvalue weighted by Gasteiger charge is 2.32. The van der Waals surface area contributed by atoms with Crippen LogP contribution < -0.4 is 5.32 Å². The Morgan fingerprint density at radius 2 is 1.73 bits per heavy atom. The number of unbranched alkanes of at least 4 members (excludes halogenated alkanes) is 1. The number of ether oxygens (including phenoxy) is 2. The number of hydrogen-bond acceptors (Lipinski definition) is 4. The van der Waals surface area contributed by atoms with Gasteiger partial charge in [-0.3, -0.25) is 0 Å². The maximum absolute atomic E-state index is 12.5. The van der Waals surface area contributed by atoms with Crippen LogP contribution in [0.4, 0.5) is 4.79 Å². The van der Waals surface area contributed by atoms with Crippen molar-refractivity contribution in [2.75, 3.05) is 13.2 Å². The van der Waals surface area contributed by atoms with Gasteiger partial charge in [-0.2, -0.15) is 0 Å². The van der Waals surface area contributed by atoms with Crippen LogP contribution in [0.5, 0.6) is 0 Å². The molecule has 0 saturated heterocycles. The lowest BCUT2D eigenvalue weighted by Crippen LogP contribution is -2.48. The van der Waals surface area contributed by atoms with Crippen LogP contribution in [-0.2, 0) is 14.3 Å². The maximum Gasteiger partial charge on any atom is 0.407 e. The Morgan fingerprint density at radius 3 is 2.31 bits per heavy atom. The predicted octanol–water partition coefficient (Wildman–Crippen LogP) is 5.08. The summed E-state index contributed by atoms with van der Waals surface area (Å²) in [6, 6.07) is -0.586. The highest BCUT2D eigenvalue weighted by atomic mass is 16.6. The summed E-state index contributed by atoms with van der Waals surface area (Å²) in [4.78, 5) is 24.8. The Labute approximate surface area is 159 Å². The minimum Gasteiger partial charge on any atom is -0.464 e. The van der Waals surface area contributed by atoms with E-state index in [0.717, 1.165) is 51.4 Å². The second-order valence-electron chi connectivity index (χ2n) is 8.06. The van der Waals surface area contributed by atoms with Gasteiger partial charge >= 0.3 is 12.1 Å². The molecule has 0 spiro atoms. The Kier molecular flexibility index (Phi) is 11.4. The van der Waals surface area contributed by atoms with E-state index in [9.17, 15) is 9.59 Å². The molecule has 0 aromatic rings. The molecule has 1 N–H and O–H groups in total. The van der Waals surface area contributed by atoms with E-state index in [0.29, 0.717) is 19.1 Å². The molecule has 1 saturated carbocycles. The van der Waals surface area contributed by atoms with Crippen molar-refractivity contribution in [3.63, 3.8) is 0 Å². The normalized spacial score (nSPS) is 17.6. The number of hydrogen-bond donors (Lipinski definition) is 1. The van der Waals surface area contributed by atoms with E-state index >= 15 is 0 Å². The van der Waals surface area contributed by atoms with Crippen LogP contribution in [0.25, 0.3) is 0 Å². The van der Waals surface area contributed by atoms with Crippen molar-refractivity contribution in [2.24, 2.45) is 17.8 Å². The zero-order chi connectivity index (χ0) is 19.4. The standard InChI is InChI=1S/C21H39NO4/c1-5-7-11-17(6-2)15-26-21(24)22-19(18-12-9-8-10-13-18)20(23)25-14-16(3)4/h16-19H,5-15H2,1-4H3,(H,22,24). The van der Waals surface area contributed by atoms with E-state index in [1.165, 1.54) is 6.42 Å². The molecule has 152 valence electrons. The second kappa shape index (κ2) is 13.0. The van der Waals surface area contributed by atoms with Gasteiger partial charge in [0, 0.05) is 0 Å². The number of alkyl carbamates (subject to hydrolysis) is 1. The lowest BCUT2D eigenvalue weighted by molar-refractivity contribution is -0.149. The molecule has 0 radical (unpaired) electrons. The van der Waals surface area contributed by atoms with Crippen molar-refractivity contribution in [1.82, 2.24) is 5.32 Å². The van der Waals surface area contributed by atoms with Crippen molar-refractivity contribution in [3.05, 3.63) is 0 Å². The Morgan fingerprint density at radius 1 is 1.04 bits per heavy atom. The summed E-state index contributed by atoms with van der Waals surface area (Å²) in [5.74, 6) is 0.502. The molecule has 0 aliphatic heterocycles. The molecule has 1 fully saturated rings. The maximum atomic E-state index is 12.5. The molecule has 2 atom stereocenters. The molecular formula is C21H39NO4. The zero-order valence-electron chi connectivity index (χ0n) is 17.2. The Bertz CT molecular complexity index is 405. The fourth-order valence-electron chi connectivity index (χ4n) is 3.44. The molecule has 5 heteroatoms. The third kappa shape index (κ3) is 8.91. The van der Waals surface area contributed by atoms with Crippen LogP contribution >= 0.6 is 0 Å². The lowest BCUT2D eigenvalue weighted by atomic mass is 9.84. The van der Waals surface area contributed by atoms with E-state index in [4.69, 9.17) is 9.47 Å². The predicted molar refractivity (Wildman–Crippen MR) is 104 cm³/mol. The van der Waals surface area contributed by atoms with Crippen molar-refractivity contribution in [1.29, 1.82) is 0 Å². The molecule has 1 amide bonds. The minimum absolute atomic E-state index is 0.151. The third-order valence-electron chi connectivity index (χ3n) is 5.20. The van der Waals surface area contributed by atoms with Gasteiger partial charge in [0.1, 0.15) is 6.04 Å². The van der Waals surface area contributed by atoms with Gasteiger partial charge in [-0.05, 0) is 37.0 Å². The van der Waals surface area contributed by atoms with Crippen LogP contribution in [0, 0.1) is 17.8 Å². The molecular weight excluding hydrogens is 330 g/mol. The molecule has 5 nitrogen and oxygen atoms in total. The van der Waals surface area contributed by atoms with Gasteiger partial charge in [0.05, 0.1) is 13.2 Å². The van der Waals surface area contributed by atoms with Crippen LogP contribution in [0.15, 0.2) is 0 Å². The number of carbonyl (C=O) groups is 2. The Balaban J connectivity index is 2.56. The van der Waals surface area contributed by atoms with Gasteiger partial charge in [0.2, 0.25) is 0 Å². The zero-order valence-corrected chi connectivity index (χ0v) is 17.2. The summed E-state index contributed by atoms with van der Waals surface area (Å²) >= 11 is 0. The Hall–Kier alpha value is -1.26. The van der Waals surface area contributed by atoms with Crippen molar-refractivity contribution >= 4 is 12.1 Å². The number of carbonyl (C=O) groups excluding carboxylic acids is 2. The highest BCUT2D eigenvalue weighted by Crippen LogP contribution is 2.27. The molecule has 0 bridgehead atoms. The summed E-state index contributed by atoms with van der Waals surface area (Å²) in [5, 5.41) is 2.81. The lowest BCUT2D eigenvalue weighted by Gasteiger charge is -2.29. The molecule has 1 aliphatic rings. The fourth-order valence-corrected chi connectivity index (χ4v) is 3.44. The minimum atomic E-state index is -0.586. The number of esters is 1. The second-order valence-corrected chi connectivity index (χ2v) is 8.06. The van der Waals surface area contributed by atoms with E-state index < -0.39 is 12.1 Å². The first-order chi connectivity index (χ1) is 12.5. The molecule has 26 heavy (non-hydrogen) atoms. The van der Waals surface area contributed by atoms with E-state index in [-0.39, 0.29) is 17.8 Å². The number of nitrogens with one attached hydrogen (secondary N) is 1. The van der Waals surface area contributed by atoms with Crippen LogP contribution in [0.2, 0.25) is 0 Å². The molecule has 1 aliphatic carbocycles. The SMILES string of the molecule is CCCCC(CC)COC(=O)NC(C(=O)OCC(C)C)C1CCCCC1. The van der Waals surface area contributed by atoms with Crippen LogP contribution in [0.1, 0.15) is 85.5 Å². The summed E-state index contributed by atoms with van der Waals surface area (Å²) in [7, 11) is 0. The van der Waals surface area contributed by atoms with Crippen molar-refractivity contribution in [3.8, 4) is 0 Å². The molecule has 2 unspecified atom stereocenters. The summed E-state index contributed by atoms with van der Waals surface area (Å²) < 4.78 is 10.8. The third-order valence-corrected chi connectivity index (χ3v) is 5.20. The first kappa shape index (κ1) is 22.8. The van der Waals surface area contributed by atoms with Gasteiger partial charge in [0.15, 0.2) is 0 Å². The van der Waals surface area contributed by atoms with Crippen molar-refractivity contribution in [2.45, 2.75) is 91.5 Å². The largest absolute Gasteiger partial charge is 0.464 e. The average Bonchev–Trinajstić information content (AvgIpc) is 2.65. The van der Waals surface area contributed by atoms with E-state index in [1.807, 2.05) is 13.8 Å². The van der Waals surface area contributed by atoms with Crippen molar-refractivity contribution < 1.29 is 19.1 Å².